The van der Waals surface area contributed by atoms with Crippen LogP contribution >= 0.6 is 35.3 Å². The predicted molar refractivity (Wildman–Crippen MR) is 116 cm³/mol. The molecule has 0 spiro atoms. The standard InChI is InChI=1S/C18H21N5S.HI/c1-12-13(2)24-17(23-12)11-22-18(19-3)21-10-16-15-7-5-4-6-14(15)8-9-20-16;/h4-9H,10-11H2,1-3H3,(H2,19,21,22);1H. The molecule has 0 aliphatic carbocycles. The number of benzene rings is 1. The summed E-state index contributed by atoms with van der Waals surface area (Å²) in [6.07, 6.45) is 1.84. The molecule has 3 aromatic rings. The smallest absolute Gasteiger partial charge is 0.191 e. The van der Waals surface area contributed by atoms with Crippen LogP contribution in [-0.4, -0.2) is 23.0 Å². The molecule has 2 heterocycles. The van der Waals surface area contributed by atoms with Gasteiger partial charge in [0, 0.05) is 23.5 Å². The van der Waals surface area contributed by atoms with E-state index in [-0.39, 0.29) is 24.0 Å². The number of pyridine rings is 1. The summed E-state index contributed by atoms with van der Waals surface area (Å²) in [6, 6.07) is 10.3. The lowest BCUT2D eigenvalue weighted by atomic mass is 10.1. The van der Waals surface area contributed by atoms with Gasteiger partial charge in [-0.25, -0.2) is 4.98 Å². The molecule has 0 atom stereocenters. The highest BCUT2D eigenvalue weighted by atomic mass is 127. The number of aliphatic imine (C=N–C) groups is 1. The Kier molecular flexibility index (Phi) is 7.12. The highest BCUT2D eigenvalue weighted by molar-refractivity contribution is 14.0. The molecule has 3 rings (SSSR count). The van der Waals surface area contributed by atoms with Gasteiger partial charge in [-0.3, -0.25) is 9.98 Å². The number of thiazole rings is 1. The second-order valence-corrected chi connectivity index (χ2v) is 6.80. The molecule has 0 bridgehead atoms. The van der Waals surface area contributed by atoms with Crippen LogP contribution in [0.3, 0.4) is 0 Å². The highest BCUT2D eigenvalue weighted by Gasteiger charge is 2.06. The van der Waals surface area contributed by atoms with Crippen molar-refractivity contribution in [3.8, 4) is 0 Å². The molecule has 2 N–H and O–H groups in total. The quantitative estimate of drug-likeness (QED) is 0.348. The molecule has 0 unspecified atom stereocenters. The van der Waals surface area contributed by atoms with Crippen molar-refractivity contribution in [1.29, 1.82) is 0 Å². The maximum absolute atomic E-state index is 4.54. The Morgan fingerprint density at radius 2 is 1.88 bits per heavy atom. The van der Waals surface area contributed by atoms with Crippen LogP contribution < -0.4 is 10.6 Å². The van der Waals surface area contributed by atoms with Crippen molar-refractivity contribution in [3.63, 3.8) is 0 Å². The maximum atomic E-state index is 4.54. The van der Waals surface area contributed by atoms with Gasteiger partial charge in [0.1, 0.15) is 5.01 Å². The summed E-state index contributed by atoms with van der Waals surface area (Å²) in [4.78, 5) is 14.6. The Hall–Kier alpha value is -1.74. The topological polar surface area (TPSA) is 62.2 Å². The first kappa shape index (κ1) is 19.6. The molecule has 0 radical (unpaired) electrons. The summed E-state index contributed by atoms with van der Waals surface area (Å²) >= 11 is 1.71. The van der Waals surface area contributed by atoms with Gasteiger partial charge in [-0.2, -0.15) is 0 Å². The van der Waals surface area contributed by atoms with Crippen molar-refractivity contribution in [2.24, 2.45) is 4.99 Å². The Labute approximate surface area is 169 Å². The first-order chi connectivity index (χ1) is 11.7. The number of hydrogen-bond donors (Lipinski definition) is 2. The van der Waals surface area contributed by atoms with Crippen molar-refractivity contribution >= 4 is 52.0 Å². The largest absolute Gasteiger partial charge is 0.351 e. The van der Waals surface area contributed by atoms with E-state index in [0.29, 0.717) is 13.1 Å². The van der Waals surface area contributed by atoms with Gasteiger partial charge in [0.25, 0.3) is 0 Å². The normalized spacial score (nSPS) is 11.2. The van der Waals surface area contributed by atoms with Gasteiger partial charge in [0.2, 0.25) is 0 Å². The fourth-order valence-electron chi connectivity index (χ4n) is 2.49. The molecule has 0 fully saturated rings. The molecule has 132 valence electrons. The third kappa shape index (κ3) is 4.88. The lowest BCUT2D eigenvalue weighted by Gasteiger charge is -2.11. The molecule has 25 heavy (non-hydrogen) atoms. The Morgan fingerprint density at radius 3 is 2.60 bits per heavy atom. The molecule has 5 nitrogen and oxygen atoms in total. The van der Waals surface area contributed by atoms with E-state index in [4.69, 9.17) is 0 Å². The van der Waals surface area contributed by atoms with E-state index in [2.05, 4.69) is 44.7 Å². The summed E-state index contributed by atoms with van der Waals surface area (Å²) in [5, 5.41) is 10.0. The van der Waals surface area contributed by atoms with Gasteiger partial charge in [0.15, 0.2) is 5.96 Å². The lowest BCUT2D eigenvalue weighted by molar-refractivity contribution is 0.794. The van der Waals surface area contributed by atoms with Crippen LogP contribution in [0.1, 0.15) is 21.3 Å². The molecule has 7 heteroatoms. The number of hydrogen-bond acceptors (Lipinski definition) is 4. The van der Waals surface area contributed by atoms with Crippen molar-refractivity contribution in [3.05, 3.63) is 57.8 Å². The average molecular weight is 467 g/mol. The number of nitrogens with one attached hydrogen (secondary N) is 2. The van der Waals surface area contributed by atoms with Gasteiger partial charge < -0.3 is 10.6 Å². The van der Waals surface area contributed by atoms with Crippen LogP contribution in [0, 0.1) is 13.8 Å². The molecular formula is C18H22IN5S. The minimum atomic E-state index is 0. The molecule has 0 aliphatic heterocycles. The van der Waals surface area contributed by atoms with Crippen LogP contribution in [0.4, 0.5) is 0 Å². The molecular weight excluding hydrogens is 445 g/mol. The lowest BCUT2D eigenvalue weighted by Crippen LogP contribution is -2.36. The monoisotopic (exact) mass is 467 g/mol. The summed E-state index contributed by atoms with van der Waals surface area (Å²) < 4.78 is 0. The first-order valence-electron chi connectivity index (χ1n) is 7.87. The number of aryl methyl sites for hydroxylation is 2. The number of aromatic nitrogens is 2. The second kappa shape index (κ2) is 9.10. The van der Waals surface area contributed by atoms with Crippen molar-refractivity contribution in [1.82, 2.24) is 20.6 Å². The van der Waals surface area contributed by atoms with Gasteiger partial charge >= 0.3 is 0 Å². The highest BCUT2D eigenvalue weighted by Crippen LogP contribution is 2.17. The maximum Gasteiger partial charge on any atom is 0.191 e. The molecule has 0 aliphatic rings. The fraction of sp³-hybridized carbons (Fsp3) is 0.278. The average Bonchev–Trinajstić information content (AvgIpc) is 2.93. The molecule has 0 amide bonds. The van der Waals surface area contributed by atoms with Crippen molar-refractivity contribution in [2.75, 3.05) is 7.05 Å². The van der Waals surface area contributed by atoms with Crippen LogP contribution in [-0.2, 0) is 13.1 Å². The first-order valence-corrected chi connectivity index (χ1v) is 8.69. The summed E-state index contributed by atoms with van der Waals surface area (Å²) in [5.74, 6) is 0.746. The fourth-order valence-corrected chi connectivity index (χ4v) is 3.36. The number of fused-ring (bicyclic) bond motifs is 1. The molecule has 0 saturated heterocycles. The number of halogens is 1. The van der Waals surface area contributed by atoms with Crippen molar-refractivity contribution in [2.45, 2.75) is 26.9 Å². The van der Waals surface area contributed by atoms with Gasteiger partial charge in [-0.1, -0.05) is 24.3 Å². The Balaban J connectivity index is 0.00000225. The predicted octanol–water partition coefficient (Wildman–Crippen LogP) is 3.79. The Bertz CT molecular complexity index is 850. The third-order valence-electron chi connectivity index (χ3n) is 3.88. The summed E-state index contributed by atoms with van der Waals surface area (Å²) in [7, 11) is 1.77. The second-order valence-electron chi connectivity index (χ2n) is 5.51. The van der Waals surface area contributed by atoms with Gasteiger partial charge in [-0.05, 0) is 25.3 Å². The van der Waals surface area contributed by atoms with Crippen LogP contribution in [0.25, 0.3) is 10.8 Å². The van der Waals surface area contributed by atoms with E-state index in [1.165, 1.54) is 10.3 Å². The van der Waals surface area contributed by atoms with Crippen LogP contribution in [0.15, 0.2) is 41.5 Å². The zero-order valence-electron chi connectivity index (χ0n) is 14.5. The molecule has 0 saturated carbocycles. The van der Waals surface area contributed by atoms with E-state index in [9.17, 15) is 0 Å². The zero-order valence-corrected chi connectivity index (χ0v) is 17.7. The van der Waals surface area contributed by atoms with E-state index in [1.54, 1.807) is 18.4 Å². The minimum absolute atomic E-state index is 0. The number of nitrogens with zero attached hydrogens (tertiary/aromatic N) is 3. The molecule has 1 aromatic carbocycles. The van der Waals surface area contributed by atoms with E-state index in [0.717, 1.165) is 27.7 Å². The summed E-state index contributed by atoms with van der Waals surface area (Å²) in [6.45, 7) is 5.42. The minimum Gasteiger partial charge on any atom is -0.351 e. The van der Waals surface area contributed by atoms with E-state index in [1.807, 2.05) is 31.3 Å². The van der Waals surface area contributed by atoms with Gasteiger partial charge in [-0.15, -0.1) is 35.3 Å². The van der Waals surface area contributed by atoms with Crippen molar-refractivity contribution < 1.29 is 0 Å². The van der Waals surface area contributed by atoms with Crippen LogP contribution in [0.5, 0.6) is 0 Å². The zero-order chi connectivity index (χ0) is 16.9. The molecule has 2 aromatic heterocycles. The third-order valence-corrected chi connectivity index (χ3v) is 4.96. The van der Waals surface area contributed by atoms with E-state index < -0.39 is 0 Å². The number of rotatable bonds is 4. The summed E-state index contributed by atoms with van der Waals surface area (Å²) in [5.41, 5.74) is 2.11. The van der Waals surface area contributed by atoms with Crippen LogP contribution in [0.2, 0.25) is 0 Å². The SMILES string of the molecule is CN=C(NCc1nc(C)c(C)s1)NCc1nccc2ccccc12.I. The number of guanidine groups is 1. The van der Waals surface area contributed by atoms with E-state index >= 15 is 0 Å². The Morgan fingerprint density at radius 1 is 1.12 bits per heavy atom. The van der Waals surface area contributed by atoms with Gasteiger partial charge in [0.05, 0.1) is 24.5 Å².